The summed E-state index contributed by atoms with van der Waals surface area (Å²) < 4.78 is 5.26. The Hall–Kier alpha value is -0.870. The van der Waals surface area contributed by atoms with Gasteiger partial charge in [-0.05, 0) is 6.92 Å². The Bertz CT molecular complexity index is 279. The number of hydrogen-bond donors (Lipinski definition) is 0. The van der Waals surface area contributed by atoms with Gasteiger partial charge in [-0.15, -0.1) is 11.6 Å². The highest BCUT2D eigenvalue weighted by molar-refractivity contribution is 6.16. The molecule has 0 atom stereocenters. The summed E-state index contributed by atoms with van der Waals surface area (Å²) in [5, 5.41) is 0. The molecular weight excluding hydrogens is 214 g/mol. The van der Waals surface area contributed by atoms with E-state index in [9.17, 15) is 0 Å². The minimum atomic E-state index is 0.399. The third-order valence-corrected chi connectivity index (χ3v) is 2.27. The number of ether oxygens (including phenoxy) is 1. The highest BCUT2D eigenvalue weighted by Gasteiger charge is 2.02. The van der Waals surface area contributed by atoms with Crippen molar-refractivity contribution in [3.63, 3.8) is 0 Å². The van der Waals surface area contributed by atoms with Crippen molar-refractivity contribution in [3.05, 3.63) is 18.1 Å². The van der Waals surface area contributed by atoms with Crippen LogP contribution in [0.3, 0.4) is 0 Å². The Morgan fingerprint density at radius 3 is 2.73 bits per heavy atom. The largest absolute Gasteiger partial charge is 0.380 e. The predicted molar refractivity (Wildman–Crippen MR) is 61.4 cm³/mol. The van der Waals surface area contributed by atoms with Crippen molar-refractivity contribution < 1.29 is 4.74 Å². The van der Waals surface area contributed by atoms with Gasteiger partial charge < -0.3 is 9.64 Å². The van der Waals surface area contributed by atoms with Gasteiger partial charge in [-0.25, -0.2) is 4.98 Å². The zero-order valence-corrected chi connectivity index (χ0v) is 9.87. The fraction of sp³-hybridized carbons (Fsp3) is 0.600. The molecular formula is C10H16ClN3O. The standard InChI is InChI=1S/C10H16ClN3O/c1-3-15-5-4-14(2)10-8-12-9(6-11)7-13-10/h7-8H,3-6H2,1-2H3. The van der Waals surface area contributed by atoms with Crippen LogP contribution in [0, 0.1) is 0 Å². The van der Waals surface area contributed by atoms with Crippen LogP contribution >= 0.6 is 11.6 Å². The van der Waals surface area contributed by atoms with Crippen molar-refractivity contribution in [1.29, 1.82) is 0 Å². The quantitative estimate of drug-likeness (QED) is 0.550. The number of nitrogens with zero attached hydrogens (tertiary/aromatic N) is 3. The van der Waals surface area contributed by atoms with Gasteiger partial charge in [0.05, 0.1) is 30.6 Å². The van der Waals surface area contributed by atoms with Crippen LogP contribution in [0.15, 0.2) is 12.4 Å². The summed E-state index contributed by atoms with van der Waals surface area (Å²) in [5.74, 6) is 1.24. The van der Waals surface area contributed by atoms with Crippen LogP contribution in [0.25, 0.3) is 0 Å². The molecule has 0 bridgehead atoms. The minimum Gasteiger partial charge on any atom is -0.380 e. The van der Waals surface area contributed by atoms with Crippen molar-refractivity contribution >= 4 is 17.4 Å². The molecule has 0 radical (unpaired) electrons. The topological polar surface area (TPSA) is 38.2 Å². The Morgan fingerprint density at radius 2 is 2.20 bits per heavy atom. The van der Waals surface area contributed by atoms with E-state index in [2.05, 4.69) is 9.97 Å². The number of aromatic nitrogens is 2. The smallest absolute Gasteiger partial charge is 0.146 e. The molecule has 0 fully saturated rings. The maximum absolute atomic E-state index is 5.63. The molecule has 0 amide bonds. The Morgan fingerprint density at radius 1 is 1.40 bits per heavy atom. The summed E-state index contributed by atoms with van der Waals surface area (Å²) in [6.45, 7) is 4.23. The molecule has 1 aromatic heterocycles. The molecule has 0 aliphatic carbocycles. The van der Waals surface area contributed by atoms with Crippen LogP contribution < -0.4 is 4.90 Å². The average Bonchev–Trinajstić information content (AvgIpc) is 2.29. The van der Waals surface area contributed by atoms with Crippen LogP contribution in [-0.2, 0) is 10.6 Å². The van der Waals surface area contributed by atoms with E-state index < -0.39 is 0 Å². The van der Waals surface area contributed by atoms with E-state index in [1.54, 1.807) is 12.4 Å². The summed E-state index contributed by atoms with van der Waals surface area (Å²) in [6, 6.07) is 0. The number of likely N-dealkylation sites (N-methyl/N-ethyl adjacent to an activating group) is 1. The minimum absolute atomic E-state index is 0.399. The second-order valence-electron chi connectivity index (χ2n) is 3.12. The molecule has 5 heteroatoms. The van der Waals surface area contributed by atoms with Crippen LogP contribution in [0.5, 0.6) is 0 Å². The molecule has 0 N–H and O–H groups in total. The lowest BCUT2D eigenvalue weighted by molar-refractivity contribution is 0.154. The summed E-state index contributed by atoms with van der Waals surface area (Å²) in [6.07, 6.45) is 3.42. The summed E-state index contributed by atoms with van der Waals surface area (Å²) in [7, 11) is 1.96. The lowest BCUT2D eigenvalue weighted by Gasteiger charge is -2.17. The van der Waals surface area contributed by atoms with Crippen LogP contribution in [0.2, 0.25) is 0 Å². The van der Waals surface area contributed by atoms with Gasteiger partial charge in [-0.2, -0.15) is 0 Å². The third kappa shape index (κ3) is 4.01. The monoisotopic (exact) mass is 229 g/mol. The Balaban J connectivity index is 2.46. The second kappa shape index (κ2) is 6.58. The molecule has 0 saturated heterocycles. The van der Waals surface area contributed by atoms with Crippen LogP contribution in [0.1, 0.15) is 12.6 Å². The Kier molecular flexibility index (Phi) is 5.36. The van der Waals surface area contributed by atoms with Crippen molar-refractivity contribution in [2.75, 3.05) is 31.7 Å². The van der Waals surface area contributed by atoms with Gasteiger partial charge in [0.15, 0.2) is 0 Å². The lowest BCUT2D eigenvalue weighted by Crippen LogP contribution is -2.23. The van der Waals surface area contributed by atoms with E-state index in [0.717, 1.165) is 24.7 Å². The average molecular weight is 230 g/mol. The van der Waals surface area contributed by atoms with E-state index in [4.69, 9.17) is 16.3 Å². The summed E-state index contributed by atoms with van der Waals surface area (Å²) >= 11 is 5.63. The molecule has 0 saturated carbocycles. The van der Waals surface area contributed by atoms with Gasteiger partial charge in [0.1, 0.15) is 5.82 Å². The molecule has 0 aromatic carbocycles. The highest BCUT2D eigenvalue weighted by atomic mass is 35.5. The number of halogens is 1. The fourth-order valence-electron chi connectivity index (χ4n) is 1.07. The molecule has 0 unspecified atom stereocenters. The van der Waals surface area contributed by atoms with E-state index in [-0.39, 0.29) is 0 Å². The first-order valence-electron chi connectivity index (χ1n) is 4.93. The molecule has 84 valence electrons. The normalized spacial score (nSPS) is 10.3. The van der Waals surface area contributed by atoms with Gasteiger partial charge >= 0.3 is 0 Å². The first kappa shape index (κ1) is 12.2. The number of rotatable bonds is 6. The molecule has 1 heterocycles. The zero-order chi connectivity index (χ0) is 11.1. The van der Waals surface area contributed by atoms with E-state index >= 15 is 0 Å². The summed E-state index contributed by atoms with van der Waals surface area (Å²) in [5.41, 5.74) is 0.790. The van der Waals surface area contributed by atoms with Crippen molar-refractivity contribution in [2.24, 2.45) is 0 Å². The number of hydrogen-bond acceptors (Lipinski definition) is 4. The molecule has 0 aliphatic rings. The second-order valence-corrected chi connectivity index (χ2v) is 3.39. The first-order chi connectivity index (χ1) is 7.27. The maximum atomic E-state index is 5.63. The predicted octanol–water partition coefficient (Wildman–Crippen LogP) is 1.69. The van der Waals surface area contributed by atoms with Crippen LogP contribution in [-0.4, -0.2) is 36.8 Å². The molecule has 15 heavy (non-hydrogen) atoms. The molecule has 4 nitrogen and oxygen atoms in total. The highest BCUT2D eigenvalue weighted by Crippen LogP contribution is 2.07. The van der Waals surface area contributed by atoms with E-state index in [1.807, 2.05) is 18.9 Å². The summed E-state index contributed by atoms with van der Waals surface area (Å²) in [4.78, 5) is 10.4. The van der Waals surface area contributed by atoms with E-state index in [0.29, 0.717) is 12.5 Å². The molecule has 1 aromatic rings. The van der Waals surface area contributed by atoms with Gasteiger partial charge in [0, 0.05) is 20.2 Å². The lowest BCUT2D eigenvalue weighted by atomic mass is 10.5. The van der Waals surface area contributed by atoms with Gasteiger partial charge in [-0.1, -0.05) is 0 Å². The number of alkyl halides is 1. The Labute approximate surface area is 95.2 Å². The number of anilines is 1. The van der Waals surface area contributed by atoms with Crippen molar-refractivity contribution in [2.45, 2.75) is 12.8 Å². The SMILES string of the molecule is CCOCCN(C)c1cnc(CCl)cn1. The molecule has 1 rings (SSSR count). The van der Waals surface area contributed by atoms with Gasteiger partial charge in [0.25, 0.3) is 0 Å². The molecule has 0 spiro atoms. The first-order valence-corrected chi connectivity index (χ1v) is 5.47. The molecule has 0 aliphatic heterocycles. The fourth-order valence-corrected chi connectivity index (χ4v) is 1.21. The maximum Gasteiger partial charge on any atom is 0.146 e. The van der Waals surface area contributed by atoms with Crippen LogP contribution in [0.4, 0.5) is 5.82 Å². The van der Waals surface area contributed by atoms with Gasteiger partial charge in [0.2, 0.25) is 0 Å². The third-order valence-electron chi connectivity index (χ3n) is 1.99. The van der Waals surface area contributed by atoms with Crippen molar-refractivity contribution in [3.8, 4) is 0 Å². The van der Waals surface area contributed by atoms with E-state index in [1.165, 1.54) is 0 Å². The van der Waals surface area contributed by atoms with Crippen molar-refractivity contribution in [1.82, 2.24) is 9.97 Å². The van der Waals surface area contributed by atoms with Gasteiger partial charge in [-0.3, -0.25) is 4.98 Å². The zero-order valence-electron chi connectivity index (χ0n) is 9.11.